The van der Waals surface area contributed by atoms with E-state index in [1.54, 1.807) is 0 Å². The lowest BCUT2D eigenvalue weighted by Crippen LogP contribution is -2.62. The molecule has 0 saturated carbocycles. The minimum absolute atomic E-state index is 0.606. The molecule has 1 rings (SSSR count). The zero-order valence-corrected chi connectivity index (χ0v) is 17.0. The molecule has 1 fully saturated rings. The number of hydrogen-bond donors (Lipinski definition) is 2. The summed E-state index contributed by atoms with van der Waals surface area (Å²) in [6.45, 7) is 4.55. The third-order valence-electron chi connectivity index (χ3n) is 4.55. The predicted molar refractivity (Wildman–Crippen MR) is 104 cm³/mol. The topological polar surface area (TPSA) is 37.0 Å². The summed E-state index contributed by atoms with van der Waals surface area (Å²) in [5.41, 5.74) is 7.41. The molecule has 1 aliphatic rings. The quantitative estimate of drug-likeness (QED) is 0.553. The highest BCUT2D eigenvalue weighted by molar-refractivity contribution is 4.80. The number of nitrogens with zero attached hydrogens (tertiary/aromatic N) is 4. The summed E-state index contributed by atoms with van der Waals surface area (Å²) in [5.74, 6) is 0. The third kappa shape index (κ3) is 10.6. The van der Waals surface area contributed by atoms with Crippen LogP contribution < -0.4 is 10.9 Å². The van der Waals surface area contributed by atoms with Crippen LogP contribution in [-0.2, 0) is 0 Å². The Labute approximate surface area is 150 Å². The molecule has 0 amide bonds. The van der Waals surface area contributed by atoms with Crippen molar-refractivity contribution in [3.05, 3.63) is 0 Å². The SMILES string of the molecule is CN(C)CCCC1CC(CCCN(C)C)NN(CCCN(C)C)N1. The Kier molecular flexibility index (Phi) is 11.1. The second-order valence-corrected chi connectivity index (χ2v) is 8.09. The number of nitrogens with one attached hydrogen (secondary N) is 2. The monoisotopic (exact) mass is 342 g/mol. The first-order valence-electron chi connectivity index (χ1n) is 9.61. The van der Waals surface area contributed by atoms with Gasteiger partial charge in [0.2, 0.25) is 0 Å². The predicted octanol–water partition coefficient (Wildman–Crippen LogP) is 1.07. The van der Waals surface area contributed by atoms with Gasteiger partial charge in [-0.2, -0.15) is 5.12 Å². The maximum atomic E-state index is 3.70. The first-order chi connectivity index (χ1) is 11.4. The third-order valence-corrected chi connectivity index (χ3v) is 4.55. The second-order valence-electron chi connectivity index (χ2n) is 8.09. The Morgan fingerprint density at radius 2 is 1.12 bits per heavy atom. The van der Waals surface area contributed by atoms with E-state index >= 15 is 0 Å². The zero-order chi connectivity index (χ0) is 17.9. The van der Waals surface area contributed by atoms with Gasteiger partial charge in [0.05, 0.1) is 0 Å². The van der Waals surface area contributed by atoms with Gasteiger partial charge in [-0.05, 0) is 100 Å². The van der Waals surface area contributed by atoms with Crippen LogP contribution in [0.25, 0.3) is 0 Å². The molecule has 1 heterocycles. The van der Waals surface area contributed by atoms with Gasteiger partial charge in [0.25, 0.3) is 0 Å². The Balaban J connectivity index is 2.41. The first kappa shape index (κ1) is 21.8. The van der Waals surface area contributed by atoms with Crippen molar-refractivity contribution in [1.29, 1.82) is 0 Å². The lowest BCUT2D eigenvalue weighted by molar-refractivity contribution is 0.0134. The molecule has 0 aromatic carbocycles. The molecule has 0 spiro atoms. The molecule has 6 heteroatoms. The summed E-state index contributed by atoms with van der Waals surface area (Å²) in [4.78, 5) is 6.82. The van der Waals surface area contributed by atoms with E-state index in [0.29, 0.717) is 12.1 Å². The van der Waals surface area contributed by atoms with Crippen LogP contribution in [0.4, 0.5) is 0 Å². The maximum Gasteiger partial charge on any atom is 0.0300 e. The minimum atomic E-state index is 0.606. The van der Waals surface area contributed by atoms with E-state index in [0.717, 1.165) is 13.1 Å². The molecule has 0 bridgehead atoms. The Bertz CT molecular complexity index is 254. The molecule has 0 radical (unpaired) electrons. The van der Waals surface area contributed by atoms with Crippen molar-refractivity contribution in [3.8, 4) is 0 Å². The molecular weight excluding hydrogens is 300 g/mol. The van der Waals surface area contributed by atoms with Gasteiger partial charge in [-0.3, -0.25) is 0 Å². The van der Waals surface area contributed by atoms with Gasteiger partial charge in [-0.25, -0.2) is 10.9 Å². The molecule has 0 aromatic rings. The molecule has 2 N–H and O–H groups in total. The molecule has 0 aromatic heterocycles. The molecule has 2 atom stereocenters. The molecule has 24 heavy (non-hydrogen) atoms. The van der Waals surface area contributed by atoms with E-state index in [2.05, 4.69) is 73.0 Å². The highest BCUT2D eigenvalue weighted by Gasteiger charge is 2.25. The Hall–Kier alpha value is -0.240. The van der Waals surface area contributed by atoms with E-state index in [1.807, 2.05) is 0 Å². The fraction of sp³-hybridized carbons (Fsp3) is 1.00. The van der Waals surface area contributed by atoms with Crippen LogP contribution in [0.1, 0.15) is 38.5 Å². The van der Waals surface area contributed by atoms with Gasteiger partial charge in [0, 0.05) is 18.6 Å². The minimum Gasteiger partial charge on any atom is -0.309 e. The van der Waals surface area contributed by atoms with Crippen molar-refractivity contribution in [2.24, 2.45) is 0 Å². The van der Waals surface area contributed by atoms with Crippen LogP contribution in [-0.4, -0.2) is 100 Å². The number of hydrazine groups is 2. The second kappa shape index (κ2) is 12.2. The summed E-state index contributed by atoms with van der Waals surface area (Å²) in [7, 11) is 12.9. The fourth-order valence-electron chi connectivity index (χ4n) is 3.27. The Morgan fingerprint density at radius 3 is 1.54 bits per heavy atom. The van der Waals surface area contributed by atoms with Crippen molar-refractivity contribution in [1.82, 2.24) is 30.7 Å². The van der Waals surface area contributed by atoms with E-state index in [9.17, 15) is 0 Å². The van der Waals surface area contributed by atoms with E-state index in [1.165, 1.54) is 51.6 Å². The van der Waals surface area contributed by atoms with Crippen molar-refractivity contribution in [2.75, 3.05) is 68.5 Å². The molecule has 1 saturated heterocycles. The molecule has 6 nitrogen and oxygen atoms in total. The fourth-order valence-corrected chi connectivity index (χ4v) is 3.27. The normalized spacial score (nSPS) is 22.9. The summed E-state index contributed by atoms with van der Waals surface area (Å²) in [6.07, 6.45) is 7.47. The van der Waals surface area contributed by atoms with Crippen molar-refractivity contribution in [2.45, 2.75) is 50.6 Å². The van der Waals surface area contributed by atoms with E-state index in [-0.39, 0.29) is 0 Å². The standard InChI is InChI=1S/C18H42N6/c1-21(2)12-7-10-17-16-18(11-8-13-22(3)4)20-24(19-17)15-9-14-23(5)6/h17-20H,7-16H2,1-6H3. The molecule has 1 aliphatic heterocycles. The van der Waals surface area contributed by atoms with Gasteiger partial charge in [-0.15, -0.1) is 0 Å². The lowest BCUT2D eigenvalue weighted by atomic mass is 9.98. The van der Waals surface area contributed by atoms with Crippen LogP contribution in [0, 0.1) is 0 Å². The highest BCUT2D eigenvalue weighted by atomic mass is 15.7. The van der Waals surface area contributed by atoms with Gasteiger partial charge in [-0.1, -0.05) is 0 Å². The average molecular weight is 343 g/mol. The van der Waals surface area contributed by atoms with E-state index < -0.39 is 0 Å². The maximum absolute atomic E-state index is 3.70. The summed E-state index contributed by atoms with van der Waals surface area (Å²) in [6, 6.07) is 1.21. The van der Waals surface area contributed by atoms with Crippen molar-refractivity contribution in [3.63, 3.8) is 0 Å². The summed E-state index contributed by atoms with van der Waals surface area (Å²) in [5, 5.41) is 2.27. The smallest absolute Gasteiger partial charge is 0.0300 e. The largest absolute Gasteiger partial charge is 0.309 e. The van der Waals surface area contributed by atoms with Gasteiger partial charge in [0.15, 0.2) is 0 Å². The Morgan fingerprint density at radius 1 is 0.708 bits per heavy atom. The molecule has 2 unspecified atom stereocenters. The number of rotatable bonds is 12. The molecule has 144 valence electrons. The molecular formula is C18H42N6. The molecule has 0 aliphatic carbocycles. The van der Waals surface area contributed by atoms with Crippen molar-refractivity contribution < 1.29 is 0 Å². The summed E-state index contributed by atoms with van der Waals surface area (Å²) >= 11 is 0. The van der Waals surface area contributed by atoms with Crippen molar-refractivity contribution >= 4 is 0 Å². The van der Waals surface area contributed by atoms with Crippen LogP contribution >= 0.6 is 0 Å². The van der Waals surface area contributed by atoms with E-state index in [4.69, 9.17) is 0 Å². The van der Waals surface area contributed by atoms with Crippen LogP contribution in [0.5, 0.6) is 0 Å². The van der Waals surface area contributed by atoms with Crippen LogP contribution in [0.15, 0.2) is 0 Å². The van der Waals surface area contributed by atoms with Crippen LogP contribution in [0.3, 0.4) is 0 Å². The summed E-state index contributed by atoms with van der Waals surface area (Å²) < 4.78 is 0. The van der Waals surface area contributed by atoms with Gasteiger partial charge in [0.1, 0.15) is 0 Å². The first-order valence-corrected chi connectivity index (χ1v) is 9.61. The van der Waals surface area contributed by atoms with Crippen LogP contribution in [0.2, 0.25) is 0 Å². The number of hydrogen-bond acceptors (Lipinski definition) is 6. The van der Waals surface area contributed by atoms with Gasteiger partial charge < -0.3 is 14.7 Å². The van der Waals surface area contributed by atoms with Gasteiger partial charge >= 0.3 is 0 Å². The zero-order valence-electron chi connectivity index (χ0n) is 17.0. The lowest BCUT2D eigenvalue weighted by Gasteiger charge is -2.40. The highest BCUT2D eigenvalue weighted by Crippen LogP contribution is 2.15. The average Bonchev–Trinajstić information content (AvgIpc) is 2.46.